The largest absolute Gasteiger partial charge is 0.378 e. The van der Waals surface area contributed by atoms with Crippen LogP contribution in [-0.4, -0.2) is 31.2 Å². The molecule has 4 nitrogen and oxygen atoms in total. The van der Waals surface area contributed by atoms with Gasteiger partial charge in [-0.3, -0.25) is 4.79 Å². The highest BCUT2D eigenvalue weighted by Gasteiger charge is 2.26. The van der Waals surface area contributed by atoms with E-state index >= 15 is 0 Å². The van der Waals surface area contributed by atoms with Crippen LogP contribution in [0.5, 0.6) is 0 Å². The van der Waals surface area contributed by atoms with Gasteiger partial charge in [-0.05, 0) is 24.7 Å². The van der Waals surface area contributed by atoms with Crippen molar-refractivity contribution in [3.8, 4) is 0 Å². The average molecular weight is 270 g/mol. The number of carbonyl (C=O) groups is 1. The molecular weight excluding hydrogens is 240 g/mol. The van der Waals surface area contributed by atoms with E-state index in [0.29, 0.717) is 12.6 Å². The van der Waals surface area contributed by atoms with E-state index < -0.39 is 6.04 Å². The van der Waals surface area contributed by atoms with Crippen LogP contribution < -0.4 is 11.1 Å². The highest BCUT2D eigenvalue weighted by Crippen LogP contribution is 2.20. The van der Waals surface area contributed by atoms with Crippen LogP contribution in [0.4, 0.5) is 0 Å². The fourth-order valence-corrected chi connectivity index (χ4v) is 2.27. The maximum Gasteiger partial charge on any atom is 0.237 e. The molecule has 1 saturated carbocycles. The molecule has 0 radical (unpaired) electrons. The van der Waals surface area contributed by atoms with Crippen LogP contribution in [0.1, 0.15) is 59.3 Å². The van der Waals surface area contributed by atoms with E-state index in [1.54, 1.807) is 0 Å². The molecule has 1 atom stereocenters. The molecule has 0 aromatic heterocycles. The Morgan fingerprint density at radius 3 is 2.53 bits per heavy atom. The summed E-state index contributed by atoms with van der Waals surface area (Å²) in [6, 6.07) is -0.452. The summed E-state index contributed by atoms with van der Waals surface area (Å²) in [5.41, 5.74) is 5.69. The quantitative estimate of drug-likeness (QED) is 0.727. The number of nitrogens with one attached hydrogen (secondary N) is 1. The van der Waals surface area contributed by atoms with Crippen molar-refractivity contribution in [2.75, 3.05) is 13.2 Å². The minimum atomic E-state index is -0.452. The first kappa shape index (κ1) is 16.4. The Balaban J connectivity index is 2.05. The number of ether oxygens (including phenoxy) is 1. The fraction of sp³-hybridized carbons (Fsp3) is 0.933. The van der Waals surface area contributed by atoms with E-state index in [2.05, 4.69) is 5.32 Å². The van der Waals surface area contributed by atoms with Crippen molar-refractivity contribution in [2.45, 2.75) is 71.4 Å². The van der Waals surface area contributed by atoms with Crippen molar-refractivity contribution in [3.63, 3.8) is 0 Å². The van der Waals surface area contributed by atoms with Crippen LogP contribution in [0.15, 0.2) is 0 Å². The summed E-state index contributed by atoms with van der Waals surface area (Å²) < 4.78 is 5.81. The SMILES string of the molecule is CC(C)(C)C(N)C(=O)NCCCOC1CCCCC1. The Morgan fingerprint density at radius 1 is 1.32 bits per heavy atom. The molecule has 3 N–H and O–H groups in total. The van der Waals surface area contributed by atoms with Crippen LogP contribution in [0.2, 0.25) is 0 Å². The van der Waals surface area contributed by atoms with Crippen molar-refractivity contribution >= 4 is 5.91 Å². The number of hydrogen-bond acceptors (Lipinski definition) is 3. The minimum Gasteiger partial charge on any atom is -0.378 e. The average Bonchev–Trinajstić information content (AvgIpc) is 2.37. The number of rotatable bonds is 6. The number of carbonyl (C=O) groups excluding carboxylic acids is 1. The van der Waals surface area contributed by atoms with Crippen molar-refractivity contribution in [1.82, 2.24) is 5.32 Å². The first-order valence-corrected chi connectivity index (χ1v) is 7.56. The molecule has 1 fully saturated rings. The van der Waals surface area contributed by atoms with E-state index in [1.807, 2.05) is 20.8 Å². The lowest BCUT2D eigenvalue weighted by Gasteiger charge is -2.26. The number of nitrogens with two attached hydrogens (primary N) is 1. The monoisotopic (exact) mass is 270 g/mol. The standard InChI is InChI=1S/C15H30N2O2/c1-15(2,3)13(16)14(18)17-10-7-11-19-12-8-5-4-6-9-12/h12-13H,4-11,16H2,1-3H3,(H,17,18). The first-order chi connectivity index (χ1) is 8.91. The zero-order valence-electron chi connectivity index (χ0n) is 12.7. The highest BCUT2D eigenvalue weighted by molar-refractivity contribution is 5.82. The first-order valence-electron chi connectivity index (χ1n) is 7.56. The summed E-state index contributed by atoms with van der Waals surface area (Å²) in [6.07, 6.45) is 7.63. The molecule has 1 aliphatic rings. The van der Waals surface area contributed by atoms with Crippen molar-refractivity contribution in [1.29, 1.82) is 0 Å². The Kier molecular flexibility index (Phi) is 6.80. The molecule has 0 bridgehead atoms. The van der Waals surface area contributed by atoms with Crippen LogP contribution in [0, 0.1) is 5.41 Å². The number of hydrogen-bond donors (Lipinski definition) is 2. The van der Waals surface area contributed by atoms with E-state index in [1.165, 1.54) is 32.1 Å². The van der Waals surface area contributed by atoms with Gasteiger partial charge in [0.15, 0.2) is 0 Å². The van der Waals surface area contributed by atoms with E-state index in [-0.39, 0.29) is 11.3 Å². The Labute approximate surface area is 117 Å². The molecule has 4 heteroatoms. The van der Waals surface area contributed by atoms with Crippen LogP contribution >= 0.6 is 0 Å². The zero-order chi connectivity index (χ0) is 14.3. The van der Waals surface area contributed by atoms with Crippen LogP contribution in [0.25, 0.3) is 0 Å². The molecule has 19 heavy (non-hydrogen) atoms. The van der Waals surface area contributed by atoms with Gasteiger partial charge in [0, 0.05) is 13.2 Å². The molecule has 0 aromatic rings. The lowest BCUT2D eigenvalue weighted by Crippen LogP contribution is -2.48. The summed E-state index contributed by atoms with van der Waals surface area (Å²) in [4.78, 5) is 11.8. The third-order valence-corrected chi connectivity index (χ3v) is 3.74. The maximum atomic E-state index is 11.8. The van der Waals surface area contributed by atoms with Gasteiger partial charge in [0.25, 0.3) is 0 Å². The molecule has 0 aromatic carbocycles. The van der Waals surface area contributed by atoms with Gasteiger partial charge in [-0.25, -0.2) is 0 Å². The molecule has 112 valence electrons. The Hall–Kier alpha value is -0.610. The van der Waals surface area contributed by atoms with E-state index in [4.69, 9.17) is 10.5 Å². The summed E-state index contributed by atoms with van der Waals surface area (Å²) in [5, 5.41) is 2.88. The Morgan fingerprint density at radius 2 is 1.95 bits per heavy atom. The molecular formula is C15H30N2O2. The summed E-state index contributed by atoms with van der Waals surface area (Å²) in [5.74, 6) is -0.0647. The van der Waals surface area contributed by atoms with Crippen LogP contribution in [0.3, 0.4) is 0 Å². The van der Waals surface area contributed by atoms with E-state index in [0.717, 1.165) is 13.0 Å². The predicted molar refractivity (Wildman–Crippen MR) is 77.9 cm³/mol. The summed E-state index contributed by atoms with van der Waals surface area (Å²) in [6.45, 7) is 7.31. The maximum absolute atomic E-state index is 11.8. The molecule has 0 heterocycles. The van der Waals surface area contributed by atoms with Crippen molar-refractivity contribution in [2.24, 2.45) is 11.1 Å². The van der Waals surface area contributed by atoms with Crippen LogP contribution in [-0.2, 0) is 9.53 Å². The summed E-state index contributed by atoms with van der Waals surface area (Å²) in [7, 11) is 0. The second-order valence-electron chi connectivity index (χ2n) is 6.62. The Bertz CT molecular complexity index is 268. The van der Waals surface area contributed by atoms with E-state index in [9.17, 15) is 4.79 Å². The third-order valence-electron chi connectivity index (χ3n) is 3.74. The van der Waals surface area contributed by atoms with Gasteiger partial charge < -0.3 is 15.8 Å². The fourth-order valence-electron chi connectivity index (χ4n) is 2.27. The zero-order valence-corrected chi connectivity index (χ0v) is 12.7. The van der Waals surface area contributed by atoms with Gasteiger partial charge in [0.05, 0.1) is 12.1 Å². The molecule has 0 spiro atoms. The smallest absolute Gasteiger partial charge is 0.237 e. The molecule has 1 rings (SSSR count). The number of amides is 1. The second-order valence-corrected chi connectivity index (χ2v) is 6.62. The second kappa shape index (κ2) is 7.85. The van der Waals surface area contributed by atoms with Gasteiger partial charge in [-0.15, -0.1) is 0 Å². The summed E-state index contributed by atoms with van der Waals surface area (Å²) >= 11 is 0. The van der Waals surface area contributed by atoms with Crippen molar-refractivity contribution < 1.29 is 9.53 Å². The van der Waals surface area contributed by atoms with Crippen molar-refractivity contribution in [3.05, 3.63) is 0 Å². The molecule has 1 amide bonds. The van der Waals surface area contributed by atoms with Gasteiger partial charge in [-0.2, -0.15) is 0 Å². The van der Waals surface area contributed by atoms with Gasteiger partial charge >= 0.3 is 0 Å². The molecule has 0 saturated heterocycles. The normalized spacial score (nSPS) is 19.2. The van der Waals surface area contributed by atoms with Gasteiger partial charge in [0.1, 0.15) is 0 Å². The molecule has 0 aliphatic heterocycles. The lowest BCUT2D eigenvalue weighted by molar-refractivity contribution is -0.124. The lowest BCUT2D eigenvalue weighted by atomic mass is 9.87. The highest BCUT2D eigenvalue weighted by atomic mass is 16.5. The third kappa shape index (κ3) is 6.39. The minimum absolute atomic E-state index is 0.0647. The topological polar surface area (TPSA) is 64.4 Å². The predicted octanol–water partition coefficient (Wildman–Crippen LogP) is 2.22. The molecule has 1 unspecified atom stereocenters. The van der Waals surface area contributed by atoms with Gasteiger partial charge in [-0.1, -0.05) is 40.0 Å². The van der Waals surface area contributed by atoms with Gasteiger partial charge in [0.2, 0.25) is 5.91 Å². The molecule has 1 aliphatic carbocycles.